The van der Waals surface area contributed by atoms with E-state index in [1.165, 1.54) is 0 Å². The SMILES string of the molecule is COC(=O)OOC(C)=O. The van der Waals surface area contributed by atoms with E-state index in [0.29, 0.717) is 0 Å². The van der Waals surface area contributed by atoms with Gasteiger partial charge in [-0.3, -0.25) is 0 Å². The minimum absolute atomic E-state index is 0.708. The fourth-order valence-electron chi connectivity index (χ4n) is 0.127. The largest absolute Gasteiger partial charge is 0.549 e. The quantitative estimate of drug-likeness (QED) is 0.270. The third kappa shape index (κ3) is 4.60. The molecule has 9 heavy (non-hydrogen) atoms. The van der Waals surface area contributed by atoms with Gasteiger partial charge in [0, 0.05) is 6.92 Å². The van der Waals surface area contributed by atoms with Crippen LogP contribution < -0.4 is 0 Å². The summed E-state index contributed by atoms with van der Waals surface area (Å²) in [5.74, 6) is -0.708. The van der Waals surface area contributed by atoms with Crippen LogP contribution in [0.4, 0.5) is 4.79 Å². The van der Waals surface area contributed by atoms with E-state index in [4.69, 9.17) is 0 Å². The summed E-state index contributed by atoms with van der Waals surface area (Å²) >= 11 is 0. The Morgan fingerprint density at radius 2 is 1.78 bits per heavy atom. The second kappa shape index (κ2) is 3.71. The van der Waals surface area contributed by atoms with Gasteiger partial charge >= 0.3 is 12.1 Å². The molecule has 5 nitrogen and oxygen atoms in total. The highest BCUT2D eigenvalue weighted by molar-refractivity contribution is 5.67. The Hall–Kier alpha value is -1.26. The predicted octanol–water partition coefficient (Wildman–Crippen LogP) is 0.247. The molecule has 0 aromatic carbocycles. The summed E-state index contributed by atoms with van der Waals surface area (Å²) in [6, 6.07) is 0. The fraction of sp³-hybridized carbons (Fsp3) is 0.500. The second-order valence-electron chi connectivity index (χ2n) is 1.11. The average Bonchev–Trinajstić information content (AvgIpc) is 1.83. The van der Waals surface area contributed by atoms with E-state index in [9.17, 15) is 9.59 Å². The fourth-order valence-corrected chi connectivity index (χ4v) is 0.127. The third-order valence-electron chi connectivity index (χ3n) is 0.394. The molecule has 0 amide bonds. The normalized spacial score (nSPS) is 7.78. The molecule has 0 atom stereocenters. The lowest BCUT2D eigenvalue weighted by Gasteiger charge is -1.95. The van der Waals surface area contributed by atoms with E-state index in [2.05, 4.69) is 14.5 Å². The Bertz CT molecular complexity index is 118. The van der Waals surface area contributed by atoms with E-state index in [1.807, 2.05) is 0 Å². The van der Waals surface area contributed by atoms with Gasteiger partial charge in [0.2, 0.25) is 0 Å². The maximum Gasteiger partial charge on any atom is 0.549 e. The van der Waals surface area contributed by atoms with Crippen molar-refractivity contribution in [2.75, 3.05) is 7.11 Å². The second-order valence-corrected chi connectivity index (χ2v) is 1.11. The first-order valence-corrected chi connectivity index (χ1v) is 2.10. The number of carbonyl (C=O) groups is 2. The van der Waals surface area contributed by atoms with Crippen LogP contribution in [0.2, 0.25) is 0 Å². The molecule has 5 heteroatoms. The highest BCUT2D eigenvalue weighted by atomic mass is 17.2. The molecule has 0 saturated carbocycles. The maximum absolute atomic E-state index is 9.99. The van der Waals surface area contributed by atoms with Gasteiger partial charge in [-0.15, -0.1) is 0 Å². The van der Waals surface area contributed by atoms with Crippen LogP contribution in [0.3, 0.4) is 0 Å². The van der Waals surface area contributed by atoms with Crippen LogP contribution in [0.1, 0.15) is 6.92 Å². The molecule has 0 bridgehead atoms. The molecule has 0 rings (SSSR count). The van der Waals surface area contributed by atoms with Crippen molar-refractivity contribution in [3.8, 4) is 0 Å². The Morgan fingerprint density at radius 3 is 2.11 bits per heavy atom. The van der Waals surface area contributed by atoms with Crippen molar-refractivity contribution in [2.45, 2.75) is 6.92 Å². The van der Waals surface area contributed by atoms with Crippen LogP contribution in [0.25, 0.3) is 0 Å². The zero-order chi connectivity index (χ0) is 7.28. The summed E-state index contributed by atoms with van der Waals surface area (Å²) in [7, 11) is 1.10. The van der Waals surface area contributed by atoms with Crippen molar-refractivity contribution in [3.05, 3.63) is 0 Å². The van der Waals surface area contributed by atoms with Gasteiger partial charge in [-0.25, -0.2) is 14.6 Å². The van der Waals surface area contributed by atoms with Gasteiger partial charge < -0.3 is 4.74 Å². The monoisotopic (exact) mass is 134 g/mol. The predicted molar refractivity (Wildman–Crippen MR) is 25.3 cm³/mol. The van der Waals surface area contributed by atoms with Crippen molar-refractivity contribution in [1.29, 1.82) is 0 Å². The van der Waals surface area contributed by atoms with Crippen LogP contribution in [0, 0.1) is 0 Å². The van der Waals surface area contributed by atoms with E-state index >= 15 is 0 Å². The summed E-state index contributed by atoms with van der Waals surface area (Å²) < 4.78 is 3.96. The number of hydrogen-bond donors (Lipinski definition) is 0. The minimum Gasteiger partial charge on any atom is -0.435 e. The van der Waals surface area contributed by atoms with Crippen LogP contribution in [0.5, 0.6) is 0 Å². The average molecular weight is 134 g/mol. The van der Waals surface area contributed by atoms with E-state index in [-0.39, 0.29) is 0 Å². The number of hydrogen-bond acceptors (Lipinski definition) is 5. The van der Waals surface area contributed by atoms with Gasteiger partial charge in [0.25, 0.3) is 0 Å². The molecule has 0 aromatic heterocycles. The summed E-state index contributed by atoms with van der Waals surface area (Å²) in [6.07, 6.45) is -1.05. The third-order valence-corrected chi connectivity index (χ3v) is 0.394. The minimum atomic E-state index is -1.05. The van der Waals surface area contributed by atoms with Crippen molar-refractivity contribution in [1.82, 2.24) is 0 Å². The molecule has 0 aliphatic heterocycles. The Balaban J connectivity index is 3.28. The van der Waals surface area contributed by atoms with Crippen molar-refractivity contribution >= 4 is 12.1 Å². The summed E-state index contributed by atoms with van der Waals surface area (Å²) in [5, 5.41) is 0. The molecular weight excluding hydrogens is 128 g/mol. The lowest BCUT2D eigenvalue weighted by Crippen LogP contribution is -2.07. The molecular formula is C4H6O5. The summed E-state index contributed by atoms with van der Waals surface area (Å²) in [6.45, 7) is 1.10. The maximum atomic E-state index is 9.99. The standard InChI is InChI=1S/C4H6O5/c1-3(5)8-9-4(6)7-2/h1-2H3. The molecule has 0 aliphatic rings. The number of ether oxygens (including phenoxy) is 1. The molecule has 0 saturated heterocycles. The lowest BCUT2D eigenvalue weighted by molar-refractivity contribution is -0.239. The highest BCUT2D eigenvalue weighted by Crippen LogP contribution is 1.83. The molecule has 0 aliphatic carbocycles. The molecule has 0 spiro atoms. The first-order valence-electron chi connectivity index (χ1n) is 2.10. The zero-order valence-corrected chi connectivity index (χ0v) is 5.04. The topological polar surface area (TPSA) is 61.8 Å². The Kier molecular flexibility index (Phi) is 3.19. The smallest absolute Gasteiger partial charge is 0.435 e. The van der Waals surface area contributed by atoms with Crippen molar-refractivity contribution < 1.29 is 24.1 Å². The van der Waals surface area contributed by atoms with Crippen molar-refractivity contribution in [2.24, 2.45) is 0 Å². The number of methoxy groups -OCH3 is 1. The number of rotatable bonds is 0. The molecule has 0 heterocycles. The van der Waals surface area contributed by atoms with Gasteiger partial charge in [0.1, 0.15) is 0 Å². The van der Waals surface area contributed by atoms with E-state index in [1.54, 1.807) is 0 Å². The van der Waals surface area contributed by atoms with Gasteiger partial charge in [-0.1, -0.05) is 0 Å². The van der Waals surface area contributed by atoms with Crippen molar-refractivity contribution in [3.63, 3.8) is 0 Å². The zero-order valence-electron chi connectivity index (χ0n) is 5.04. The lowest BCUT2D eigenvalue weighted by atomic mass is 10.8. The van der Waals surface area contributed by atoms with Crippen LogP contribution in [-0.4, -0.2) is 19.2 Å². The first kappa shape index (κ1) is 7.74. The van der Waals surface area contributed by atoms with Gasteiger partial charge in [-0.05, 0) is 0 Å². The molecule has 0 aromatic rings. The van der Waals surface area contributed by atoms with Gasteiger partial charge in [0.05, 0.1) is 7.11 Å². The van der Waals surface area contributed by atoms with Gasteiger partial charge in [0.15, 0.2) is 0 Å². The Labute approximate surface area is 51.4 Å². The van der Waals surface area contributed by atoms with E-state index in [0.717, 1.165) is 14.0 Å². The van der Waals surface area contributed by atoms with Gasteiger partial charge in [-0.2, -0.15) is 4.79 Å². The first-order chi connectivity index (χ1) is 4.16. The molecule has 0 unspecified atom stereocenters. The summed E-state index contributed by atoms with van der Waals surface area (Å²) in [4.78, 5) is 27.4. The van der Waals surface area contributed by atoms with Crippen LogP contribution in [0.15, 0.2) is 0 Å². The highest BCUT2D eigenvalue weighted by Gasteiger charge is 2.02. The van der Waals surface area contributed by atoms with Crippen LogP contribution >= 0.6 is 0 Å². The Morgan fingerprint density at radius 1 is 1.22 bits per heavy atom. The molecule has 0 N–H and O–H groups in total. The molecule has 52 valence electrons. The number of carbonyl (C=O) groups excluding carboxylic acids is 2. The van der Waals surface area contributed by atoms with E-state index < -0.39 is 12.1 Å². The molecule has 0 fully saturated rings. The molecule has 0 radical (unpaired) electrons. The van der Waals surface area contributed by atoms with Crippen LogP contribution in [-0.2, 0) is 19.3 Å². The summed E-state index contributed by atoms with van der Waals surface area (Å²) in [5.41, 5.74) is 0.